The van der Waals surface area contributed by atoms with Crippen molar-refractivity contribution in [1.82, 2.24) is 15.3 Å². The van der Waals surface area contributed by atoms with Crippen molar-refractivity contribution < 1.29 is 9.13 Å². The van der Waals surface area contributed by atoms with Gasteiger partial charge in [-0.15, -0.1) is 0 Å². The Labute approximate surface area is 156 Å². The van der Waals surface area contributed by atoms with Crippen molar-refractivity contribution in [3.05, 3.63) is 70.8 Å². The van der Waals surface area contributed by atoms with E-state index in [1.165, 1.54) is 29.5 Å². The van der Waals surface area contributed by atoms with Crippen LogP contribution in [0.25, 0.3) is 21.8 Å². The molecule has 0 bridgehead atoms. The van der Waals surface area contributed by atoms with E-state index in [9.17, 15) is 4.39 Å². The van der Waals surface area contributed by atoms with Gasteiger partial charge < -0.3 is 15.0 Å². The number of nitrogens with one attached hydrogen (secondary N) is 2. The van der Waals surface area contributed by atoms with Crippen LogP contribution < -0.4 is 10.1 Å². The lowest BCUT2D eigenvalue weighted by molar-refractivity contribution is 0.386. The van der Waals surface area contributed by atoms with Crippen LogP contribution in [0.2, 0.25) is 0 Å². The maximum Gasteiger partial charge on any atom is 0.165 e. The number of rotatable bonds is 3. The number of fused-ring (bicyclic) bond motifs is 5. The van der Waals surface area contributed by atoms with Gasteiger partial charge >= 0.3 is 0 Å². The molecule has 0 atom stereocenters. The number of benzene rings is 2. The lowest BCUT2D eigenvalue weighted by Gasteiger charge is -2.19. The molecule has 1 aliphatic rings. The van der Waals surface area contributed by atoms with E-state index in [0.717, 1.165) is 47.5 Å². The summed E-state index contributed by atoms with van der Waals surface area (Å²) in [6.07, 6.45) is 1.54. The SMILES string of the molecule is COc1ccc(Cc2nc3c(c4c2[nH]c2ccccc24)CCNC3)cc1F. The number of hydrogen-bond donors (Lipinski definition) is 2. The molecule has 0 unspecified atom stereocenters. The zero-order valence-electron chi connectivity index (χ0n) is 15.1. The van der Waals surface area contributed by atoms with Crippen molar-refractivity contribution in [2.24, 2.45) is 0 Å². The van der Waals surface area contributed by atoms with Gasteiger partial charge in [-0.3, -0.25) is 4.98 Å². The molecule has 27 heavy (non-hydrogen) atoms. The topological polar surface area (TPSA) is 49.9 Å². The number of aromatic amines is 1. The molecular weight excluding hydrogens is 341 g/mol. The van der Waals surface area contributed by atoms with Crippen LogP contribution in [-0.2, 0) is 19.4 Å². The van der Waals surface area contributed by atoms with E-state index in [-0.39, 0.29) is 11.6 Å². The molecular formula is C22H20FN3O. The van der Waals surface area contributed by atoms with Gasteiger partial charge in [-0.05, 0) is 42.3 Å². The third-order valence-corrected chi connectivity index (χ3v) is 5.35. The monoisotopic (exact) mass is 361 g/mol. The second-order valence-electron chi connectivity index (χ2n) is 6.98. The van der Waals surface area contributed by atoms with Crippen LogP contribution in [0.3, 0.4) is 0 Å². The summed E-state index contributed by atoms with van der Waals surface area (Å²) in [6.45, 7) is 1.74. The van der Waals surface area contributed by atoms with E-state index in [1.54, 1.807) is 6.07 Å². The molecule has 0 fully saturated rings. The minimum atomic E-state index is -0.345. The molecule has 0 amide bonds. The van der Waals surface area contributed by atoms with E-state index in [1.807, 2.05) is 12.1 Å². The molecule has 5 heteroatoms. The summed E-state index contributed by atoms with van der Waals surface area (Å²) in [6, 6.07) is 13.5. The van der Waals surface area contributed by atoms with Crippen molar-refractivity contribution in [2.45, 2.75) is 19.4 Å². The Bertz CT molecular complexity index is 1170. The van der Waals surface area contributed by atoms with Crippen LogP contribution in [0.15, 0.2) is 42.5 Å². The highest BCUT2D eigenvalue weighted by Gasteiger charge is 2.20. The van der Waals surface area contributed by atoms with Crippen molar-refractivity contribution in [2.75, 3.05) is 13.7 Å². The summed E-state index contributed by atoms with van der Waals surface area (Å²) in [4.78, 5) is 8.51. The zero-order chi connectivity index (χ0) is 18.4. The minimum Gasteiger partial charge on any atom is -0.494 e. The van der Waals surface area contributed by atoms with Crippen molar-refractivity contribution in [3.63, 3.8) is 0 Å². The average Bonchev–Trinajstić information content (AvgIpc) is 3.08. The highest BCUT2D eigenvalue weighted by Crippen LogP contribution is 2.34. The van der Waals surface area contributed by atoms with Crippen LogP contribution in [0.1, 0.15) is 22.5 Å². The van der Waals surface area contributed by atoms with Gasteiger partial charge in [-0.25, -0.2) is 4.39 Å². The highest BCUT2D eigenvalue weighted by molar-refractivity contribution is 6.10. The number of H-pyrrole nitrogens is 1. The molecule has 0 saturated carbocycles. The maximum absolute atomic E-state index is 14.1. The van der Waals surface area contributed by atoms with Crippen molar-refractivity contribution >= 4 is 21.8 Å². The fraction of sp³-hybridized carbons (Fsp3) is 0.227. The largest absolute Gasteiger partial charge is 0.494 e. The van der Waals surface area contributed by atoms with E-state index in [0.29, 0.717) is 6.42 Å². The number of para-hydroxylation sites is 1. The van der Waals surface area contributed by atoms with Gasteiger partial charge in [0, 0.05) is 29.3 Å². The number of nitrogens with zero attached hydrogens (tertiary/aromatic N) is 1. The van der Waals surface area contributed by atoms with E-state index >= 15 is 0 Å². The molecule has 1 aliphatic heterocycles. The summed E-state index contributed by atoms with van der Waals surface area (Å²) in [5.74, 6) is -0.0837. The minimum absolute atomic E-state index is 0.261. The molecule has 2 aromatic carbocycles. The van der Waals surface area contributed by atoms with Crippen LogP contribution in [0.5, 0.6) is 5.75 Å². The normalized spacial score (nSPS) is 13.9. The highest BCUT2D eigenvalue weighted by atomic mass is 19.1. The van der Waals surface area contributed by atoms with Crippen LogP contribution in [-0.4, -0.2) is 23.6 Å². The smallest absolute Gasteiger partial charge is 0.165 e. The van der Waals surface area contributed by atoms with Crippen LogP contribution in [0, 0.1) is 5.82 Å². The first-order valence-corrected chi connectivity index (χ1v) is 9.19. The van der Waals surface area contributed by atoms with Gasteiger partial charge in [0.25, 0.3) is 0 Å². The third-order valence-electron chi connectivity index (χ3n) is 5.35. The molecule has 3 heterocycles. The Kier molecular flexibility index (Phi) is 3.83. The van der Waals surface area contributed by atoms with E-state index < -0.39 is 0 Å². The first-order chi connectivity index (χ1) is 13.2. The number of halogens is 1. The van der Waals surface area contributed by atoms with E-state index in [4.69, 9.17) is 9.72 Å². The number of ether oxygens (including phenoxy) is 1. The summed E-state index contributed by atoms with van der Waals surface area (Å²) in [7, 11) is 1.48. The van der Waals surface area contributed by atoms with Crippen LogP contribution in [0.4, 0.5) is 4.39 Å². The molecule has 2 N–H and O–H groups in total. The summed E-state index contributed by atoms with van der Waals surface area (Å²) in [5, 5.41) is 5.91. The fourth-order valence-corrected chi connectivity index (χ4v) is 4.08. The van der Waals surface area contributed by atoms with Gasteiger partial charge in [0.1, 0.15) is 0 Å². The second kappa shape index (κ2) is 6.35. The molecule has 4 aromatic rings. The third kappa shape index (κ3) is 2.66. The van der Waals surface area contributed by atoms with Gasteiger partial charge in [-0.1, -0.05) is 24.3 Å². The van der Waals surface area contributed by atoms with Crippen molar-refractivity contribution in [1.29, 1.82) is 0 Å². The van der Waals surface area contributed by atoms with E-state index in [2.05, 4.69) is 28.5 Å². The standard InChI is InChI=1S/C22H20FN3O/c1-27-20-7-6-13(10-16(20)23)11-18-22-21(14-4-2-3-5-17(14)26-22)15-8-9-24-12-19(15)25-18/h2-7,10,24,26H,8-9,11-12H2,1H3. The first kappa shape index (κ1) is 16.3. The van der Waals surface area contributed by atoms with Crippen LogP contribution >= 0.6 is 0 Å². The predicted molar refractivity (Wildman–Crippen MR) is 105 cm³/mol. The fourth-order valence-electron chi connectivity index (χ4n) is 4.08. The Balaban J connectivity index is 1.71. The molecule has 5 rings (SSSR count). The van der Waals surface area contributed by atoms with Gasteiger partial charge in [0.05, 0.1) is 24.0 Å². The Morgan fingerprint density at radius 3 is 2.93 bits per heavy atom. The molecule has 0 aliphatic carbocycles. The van der Waals surface area contributed by atoms with Gasteiger partial charge in [0.2, 0.25) is 0 Å². The summed E-state index contributed by atoms with van der Waals surface area (Å²) in [5.41, 5.74) is 6.43. The first-order valence-electron chi connectivity index (χ1n) is 9.19. The zero-order valence-corrected chi connectivity index (χ0v) is 15.1. The lowest BCUT2D eigenvalue weighted by Crippen LogP contribution is -2.25. The Hall–Kier alpha value is -2.92. The Morgan fingerprint density at radius 2 is 2.07 bits per heavy atom. The molecule has 136 valence electrons. The molecule has 0 radical (unpaired) electrons. The lowest BCUT2D eigenvalue weighted by atomic mass is 9.97. The molecule has 0 saturated heterocycles. The number of hydrogen-bond acceptors (Lipinski definition) is 3. The molecule has 0 spiro atoms. The Morgan fingerprint density at radius 1 is 1.19 bits per heavy atom. The maximum atomic E-state index is 14.1. The average molecular weight is 361 g/mol. The molecule has 2 aromatic heterocycles. The number of methoxy groups -OCH3 is 1. The number of pyridine rings is 1. The summed E-state index contributed by atoms with van der Waals surface area (Å²) >= 11 is 0. The second-order valence-corrected chi connectivity index (χ2v) is 6.98. The predicted octanol–water partition coefficient (Wildman–Crippen LogP) is 4.10. The van der Waals surface area contributed by atoms with Gasteiger partial charge in [0.15, 0.2) is 11.6 Å². The van der Waals surface area contributed by atoms with Gasteiger partial charge in [-0.2, -0.15) is 0 Å². The number of aromatic nitrogens is 2. The molecule has 4 nitrogen and oxygen atoms in total. The summed E-state index contributed by atoms with van der Waals surface area (Å²) < 4.78 is 19.2. The quantitative estimate of drug-likeness (QED) is 0.578. The van der Waals surface area contributed by atoms with Crippen molar-refractivity contribution in [3.8, 4) is 5.75 Å².